The Morgan fingerprint density at radius 1 is 1.53 bits per heavy atom. The van der Waals surface area contributed by atoms with E-state index in [1.807, 2.05) is 0 Å². The highest BCUT2D eigenvalue weighted by Crippen LogP contribution is 2.23. The average molecular weight is 262 g/mol. The number of nitrogens with zero attached hydrogens (tertiary/aromatic N) is 1. The van der Waals surface area contributed by atoms with Crippen LogP contribution >= 0.6 is 0 Å². The number of carbonyl (C=O) groups is 1. The lowest BCUT2D eigenvalue weighted by Gasteiger charge is -2.04. The zero-order valence-corrected chi connectivity index (χ0v) is 10.8. The minimum Gasteiger partial charge on any atom is -0.481 e. The summed E-state index contributed by atoms with van der Waals surface area (Å²) < 4.78 is 13.2. The van der Waals surface area contributed by atoms with Crippen molar-refractivity contribution in [3.8, 4) is 11.3 Å². The highest BCUT2D eigenvalue weighted by molar-refractivity contribution is 5.68. The molecule has 0 radical (unpaired) electrons. The summed E-state index contributed by atoms with van der Waals surface area (Å²) in [6.07, 6.45) is 1.66. The number of aryl methyl sites for hydroxylation is 1. The van der Waals surface area contributed by atoms with Crippen LogP contribution in [0.3, 0.4) is 0 Å². The van der Waals surface area contributed by atoms with Gasteiger partial charge in [-0.05, 0) is 30.7 Å². The third-order valence-electron chi connectivity index (χ3n) is 3.01. The molecular formula is C14H15FN2O2. The minimum absolute atomic E-state index is 0.0232. The highest BCUT2D eigenvalue weighted by atomic mass is 19.1. The van der Waals surface area contributed by atoms with Gasteiger partial charge in [0.15, 0.2) is 0 Å². The van der Waals surface area contributed by atoms with E-state index in [1.165, 1.54) is 6.07 Å². The van der Waals surface area contributed by atoms with Crippen LogP contribution in [0.25, 0.3) is 11.3 Å². The molecule has 5 heteroatoms. The molecule has 0 saturated heterocycles. The molecule has 0 spiro atoms. The Bertz CT molecular complexity index is 607. The Morgan fingerprint density at radius 2 is 2.26 bits per heavy atom. The van der Waals surface area contributed by atoms with Crippen molar-refractivity contribution in [2.75, 3.05) is 0 Å². The van der Waals surface area contributed by atoms with Gasteiger partial charge in [0.2, 0.25) is 0 Å². The smallest absolute Gasteiger partial charge is 0.304 e. The Morgan fingerprint density at radius 3 is 2.89 bits per heavy atom. The van der Waals surface area contributed by atoms with Crippen LogP contribution in [-0.2, 0) is 4.79 Å². The number of nitrogens with one attached hydrogen (secondary N) is 1. The van der Waals surface area contributed by atoms with Crippen LogP contribution in [0, 0.1) is 12.7 Å². The van der Waals surface area contributed by atoms with Gasteiger partial charge in [-0.1, -0.05) is 6.92 Å². The predicted molar refractivity (Wildman–Crippen MR) is 69.4 cm³/mol. The largest absolute Gasteiger partial charge is 0.481 e. The summed E-state index contributed by atoms with van der Waals surface area (Å²) in [5.41, 5.74) is 2.16. The SMILES string of the molecule is Cc1cc(-c2cnc(C(C)CC(=O)O)[nH]2)ccc1F. The highest BCUT2D eigenvalue weighted by Gasteiger charge is 2.14. The fourth-order valence-corrected chi connectivity index (χ4v) is 1.90. The summed E-state index contributed by atoms with van der Waals surface area (Å²) in [6, 6.07) is 4.81. The second-order valence-electron chi connectivity index (χ2n) is 4.64. The molecule has 0 aliphatic rings. The number of rotatable bonds is 4. The molecule has 1 heterocycles. The van der Waals surface area contributed by atoms with Crippen molar-refractivity contribution >= 4 is 5.97 Å². The van der Waals surface area contributed by atoms with E-state index in [4.69, 9.17) is 5.11 Å². The van der Waals surface area contributed by atoms with Crippen LogP contribution in [0.15, 0.2) is 24.4 Å². The molecule has 1 atom stereocenters. The maximum atomic E-state index is 13.2. The average Bonchev–Trinajstić information content (AvgIpc) is 2.81. The van der Waals surface area contributed by atoms with Gasteiger partial charge in [-0.3, -0.25) is 4.79 Å². The van der Waals surface area contributed by atoms with E-state index in [0.717, 1.165) is 11.3 Å². The Balaban J connectivity index is 2.25. The number of aliphatic carboxylic acids is 1. The van der Waals surface area contributed by atoms with E-state index in [0.29, 0.717) is 11.4 Å². The number of H-pyrrole nitrogens is 1. The Labute approximate surface area is 110 Å². The lowest BCUT2D eigenvalue weighted by atomic mass is 10.1. The summed E-state index contributed by atoms with van der Waals surface area (Å²) in [5, 5.41) is 8.75. The third kappa shape index (κ3) is 2.99. The van der Waals surface area contributed by atoms with Gasteiger partial charge in [-0.25, -0.2) is 9.37 Å². The predicted octanol–water partition coefficient (Wildman–Crippen LogP) is 3.10. The van der Waals surface area contributed by atoms with Crippen LogP contribution in [0.4, 0.5) is 4.39 Å². The van der Waals surface area contributed by atoms with Gasteiger partial charge in [0.25, 0.3) is 0 Å². The number of aromatic amines is 1. The van der Waals surface area contributed by atoms with E-state index in [1.54, 1.807) is 32.2 Å². The van der Waals surface area contributed by atoms with Crippen LogP contribution in [0.1, 0.15) is 30.7 Å². The van der Waals surface area contributed by atoms with Gasteiger partial charge in [0, 0.05) is 11.5 Å². The van der Waals surface area contributed by atoms with Crippen molar-refractivity contribution in [2.45, 2.75) is 26.2 Å². The van der Waals surface area contributed by atoms with Gasteiger partial charge in [0.05, 0.1) is 18.3 Å². The number of hydrogen-bond acceptors (Lipinski definition) is 2. The van der Waals surface area contributed by atoms with Gasteiger partial charge in [-0.15, -0.1) is 0 Å². The standard InChI is InChI=1S/C14H15FN2O2/c1-8-5-10(3-4-11(8)15)12-7-16-14(17-12)9(2)6-13(18)19/h3-5,7,9H,6H2,1-2H3,(H,16,17)(H,18,19). The van der Waals surface area contributed by atoms with Crippen molar-refractivity contribution in [3.63, 3.8) is 0 Å². The summed E-state index contributed by atoms with van der Waals surface area (Å²) in [7, 11) is 0. The number of aromatic nitrogens is 2. The summed E-state index contributed by atoms with van der Waals surface area (Å²) in [5.74, 6) is -0.669. The lowest BCUT2D eigenvalue weighted by Crippen LogP contribution is -2.04. The summed E-state index contributed by atoms with van der Waals surface area (Å²) in [4.78, 5) is 17.9. The fourth-order valence-electron chi connectivity index (χ4n) is 1.90. The van der Waals surface area contributed by atoms with Crippen LogP contribution in [0.2, 0.25) is 0 Å². The number of imidazole rings is 1. The maximum Gasteiger partial charge on any atom is 0.304 e. The minimum atomic E-state index is -0.858. The molecule has 0 fully saturated rings. The monoisotopic (exact) mass is 262 g/mol. The van der Waals surface area contributed by atoms with E-state index < -0.39 is 5.97 Å². The normalized spacial score (nSPS) is 12.4. The van der Waals surface area contributed by atoms with Crippen LogP contribution in [-0.4, -0.2) is 21.0 Å². The molecule has 1 aromatic heterocycles. The van der Waals surface area contributed by atoms with E-state index in [-0.39, 0.29) is 18.2 Å². The number of carboxylic acid groups (broad SMARTS) is 1. The maximum absolute atomic E-state index is 13.2. The van der Waals surface area contributed by atoms with E-state index in [2.05, 4.69) is 9.97 Å². The van der Waals surface area contributed by atoms with Crippen molar-refractivity contribution < 1.29 is 14.3 Å². The number of halogens is 1. The molecule has 2 rings (SSSR count). The zero-order valence-electron chi connectivity index (χ0n) is 10.8. The van der Waals surface area contributed by atoms with Crippen molar-refractivity contribution in [3.05, 3.63) is 41.6 Å². The lowest BCUT2D eigenvalue weighted by molar-refractivity contribution is -0.137. The molecule has 1 unspecified atom stereocenters. The number of benzene rings is 1. The first-order valence-electron chi connectivity index (χ1n) is 6.00. The second-order valence-corrected chi connectivity index (χ2v) is 4.64. The van der Waals surface area contributed by atoms with Crippen molar-refractivity contribution in [2.24, 2.45) is 0 Å². The number of hydrogen-bond donors (Lipinski definition) is 2. The van der Waals surface area contributed by atoms with Crippen molar-refractivity contribution in [1.82, 2.24) is 9.97 Å². The van der Waals surface area contributed by atoms with Gasteiger partial charge in [-0.2, -0.15) is 0 Å². The first kappa shape index (κ1) is 13.3. The second kappa shape index (κ2) is 5.22. The molecule has 4 nitrogen and oxygen atoms in total. The van der Waals surface area contributed by atoms with Gasteiger partial charge >= 0.3 is 5.97 Å². The van der Waals surface area contributed by atoms with Crippen molar-refractivity contribution in [1.29, 1.82) is 0 Å². The molecule has 2 aromatic rings. The van der Waals surface area contributed by atoms with E-state index in [9.17, 15) is 9.18 Å². The molecule has 19 heavy (non-hydrogen) atoms. The summed E-state index contributed by atoms with van der Waals surface area (Å²) >= 11 is 0. The van der Waals surface area contributed by atoms with Crippen LogP contribution in [0.5, 0.6) is 0 Å². The number of carboxylic acids is 1. The topological polar surface area (TPSA) is 66.0 Å². The zero-order chi connectivity index (χ0) is 14.0. The quantitative estimate of drug-likeness (QED) is 0.889. The fraction of sp³-hybridized carbons (Fsp3) is 0.286. The molecule has 1 aromatic carbocycles. The first-order chi connectivity index (χ1) is 8.97. The van der Waals surface area contributed by atoms with Gasteiger partial charge in [0.1, 0.15) is 11.6 Å². The molecule has 2 N–H and O–H groups in total. The molecule has 100 valence electrons. The Hall–Kier alpha value is -2.17. The summed E-state index contributed by atoms with van der Waals surface area (Å²) in [6.45, 7) is 3.50. The molecule has 0 aliphatic carbocycles. The molecule has 0 amide bonds. The van der Waals surface area contributed by atoms with Crippen LogP contribution < -0.4 is 0 Å². The van der Waals surface area contributed by atoms with Gasteiger partial charge < -0.3 is 10.1 Å². The molecule has 0 bridgehead atoms. The third-order valence-corrected chi connectivity index (χ3v) is 3.01. The van der Waals surface area contributed by atoms with E-state index >= 15 is 0 Å². The molecular weight excluding hydrogens is 247 g/mol. The Kier molecular flexibility index (Phi) is 3.64. The molecule has 0 saturated carbocycles. The first-order valence-corrected chi connectivity index (χ1v) is 6.00. The molecule has 0 aliphatic heterocycles.